The van der Waals surface area contributed by atoms with Crippen molar-refractivity contribution in [2.45, 2.75) is 63.6 Å². The van der Waals surface area contributed by atoms with E-state index < -0.39 is 0 Å². The second-order valence-electron chi connectivity index (χ2n) is 10.9. The molecule has 2 fully saturated rings. The minimum Gasteiger partial charge on any atom is -0.376 e. The average Bonchev–Trinajstić information content (AvgIpc) is 3.43. The van der Waals surface area contributed by atoms with Gasteiger partial charge in [0, 0.05) is 51.3 Å². The summed E-state index contributed by atoms with van der Waals surface area (Å²) in [5.41, 5.74) is 3.61. The lowest BCUT2D eigenvalue weighted by Gasteiger charge is -2.36. The Morgan fingerprint density at radius 3 is 2.58 bits per heavy atom. The van der Waals surface area contributed by atoms with E-state index in [2.05, 4.69) is 51.6 Å². The molecule has 5 rings (SSSR count). The Hall–Kier alpha value is -3.49. The summed E-state index contributed by atoms with van der Waals surface area (Å²) in [7, 11) is 0. The van der Waals surface area contributed by atoms with Gasteiger partial charge >= 0.3 is 0 Å². The fraction of sp³-hybridized carbons (Fsp3) is 0.469. The summed E-state index contributed by atoms with van der Waals surface area (Å²) in [4.78, 5) is 32.2. The predicted octanol–water partition coefficient (Wildman–Crippen LogP) is 4.23. The van der Waals surface area contributed by atoms with Crippen LogP contribution in [-0.2, 0) is 16.0 Å². The molecule has 0 radical (unpaired) electrons. The van der Waals surface area contributed by atoms with Crippen LogP contribution in [0, 0.1) is 0 Å². The van der Waals surface area contributed by atoms with Crippen molar-refractivity contribution in [1.82, 2.24) is 25.1 Å². The molecule has 3 aromatic rings. The molecule has 2 amide bonds. The summed E-state index contributed by atoms with van der Waals surface area (Å²) >= 11 is 0. The molecule has 2 N–H and O–H groups in total. The van der Waals surface area contributed by atoms with Crippen LogP contribution in [0.3, 0.4) is 0 Å². The van der Waals surface area contributed by atoms with Crippen LogP contribution in [0.25, 0.3) is 11.3 Å². The molecular weight excluding hydrogens is 502 g/mol. The smallest absolute Gasteiger partial charge is 0.275 e. The van der Waals surface area contributed by atoms with Gasteiger partial charge in [0.1, 0.15) is 0 Å². The maximum absolute atomic E-state index is 14.2. The Balaban J connectivity index is 1.41. The van der Waals surface area contributed by atoms with E-state index in [1.54, 1.807) is 0 Å². The molecule has 212 valence electrons. The summed E-state index contributed by atoms with van der Waals surface area (Å²) in [5.74, 6) is -0.0298. The van der Waals surface area contributed by atoms with E-state index >= 15 is 0 Å². The molecule has 40 heavy (non-hydrogen) atoms. The summed E-state index contributed by atoms with van der Waals surface area (Å²) in [6.07, 6.45) is 7.65. The molecule has 2 heterocycles. The summed E-state index contributed by atoms with van der Waals surface area (Å²) in [6, 6.07) is 20.7. The van der Waals surface area contributed by atoms with Crippen molar-refractivity contribution in [1.29, 1.82) is 0 Å². The lowest BCUT2D eigenvalue weighted by atomic mass is 9.91. The van der Waals surface area contributed by atoms with E-state index in [-0.39, 0.29) is 30.0 Å². The molecule has 2 aliphatic rings. The number of aromatic nitrogens is 2. The number of piperazine rings is 1. The van der Waals surface area contributed by atoms with Crippen molar-refractivity contribution in [2.75, 3.05) is 32.8 Å². The largest absolute Gasteiger partial charge is 0.376 e. The van der Waals surface area contributed by atoms with Crippen molar-refractivity contribution in [3.05, 3.63) is 78.2 Å². The first-order valence-electron chi connectivity index (χ1n) is 14.7. The molecule has 3 atom stereocenters. The fourth-order valence-electron chi connectivity index (χ4n) is 6.04. The quantitative estimate of drug-likeness (QED) is 0.374. The average molecular weight is 544 g/mol. The Morgan fingerprint density at radius 2 is 1.80 bits per heavy atom. The SMILES string of the molecule is CC(=O)NCCCO[C@H]1CCCC[C@@H]1n1cnc(C(=O)N2CCNC[C@H]2Cc2ccccc2)c1-c1ccccc1. The molecule has 1 saturated carbocycles. The third-order valence-corrected chi connectivity index (χ3v) is 8.02. The van der Waals surface area contributed by atoms with Crippen LogP contribution in [0.2, 0.25) is 0 Å². The highest BCUT2D eigenvalue weighted by molar-refractivity contribution is 5.98. The Kier molecular flexibility index (Phi) is 9.63. The summed E-state index contributed by atoms with van der Waals surface area (Å²) in [6.45, 7) is 4.92. The standard InChI is InChI=1S/C32H41N5O3/c1-24(38)34-17-10-20-40-29-16-9-8-15-28(29)37-23-35-30(31(37)26-13-6-3-7-14-26)32(39)36-19-18-33-22-27(36)21-25-11-4-2-5-12-25/h2-7,11-14,23,27-29,33H,8-10,15-22H2,1H3,(H,34,38)/t27-,28+,29+/m1/s1. The molecule has 8 nitrogen and oxygen atoms in total. The van der Waals surface area contributed by atoms with Crippen LogP contribution in [0.1, 0.15) is 61.1 Å². The number of amides is 2. The van der Waals surface area contributed by atoms with E-state index in [1.165, 1.54) is 12.5 Å². The van der Waals surface area contributed by atoms with Gasteiger partial charge in [-0.15, -0.1) is 0 Å². The van der Waals surface area contributed by atoms with Gasteiger partial charge in [-0.25, -0.2) is 4.98 Å². The van der Waals surface area contributed by atoms with Gasteiger partial charge in [0.2, 0.25) is 5.91 Å². The first kappa shape index (κ1) is 28.1. The van der Waals surface area contributed by atoms with Crippen molar-refractivity contribution < 1.29 is 14.3 Å². The molecule has 1 saturated heterocycles. The molecule has 0 spiro atoms. The van der Waals surface area contributed by atoms with Gasteiger partial charge < -0.3 is 24.8 Å². The predicted molar refractivity (Wildman–Crippen MR) is 156 cm³/mol. The topological polar surface area (TPSA) is 88.5 Å². The molecule has 8 heteroatoms. The number of hydrogen-bond donors (Lipinski definition) is 2. The van der Waals surface area contributed by atoms with Crippen LogP contribution in [0.4, 0.5) is 0 Å². The molecule has 1 aromatic heterocycles. The Bertz CT molecular complexity index is 1250. The number of nitrogens with zero attached hydrogens (tertiary/aromatic N) is 3. The van der Waals surface area contributed by atoms with Crippen LogP contribution in [-0.4, -0.2) is 71.2 Å². The number of carbonyl (C=O) groups excluding carboxylic acids is 2. The van der Waals surface area contributed by atoms with Crippen LogP contribution in [0.15, 0.2) is 67.0 Å². The zero-order chi connectivity index (χ0) is 27.7. The lowest BCUT2D eigenvalue weighted by Crippen LogP contribution is -2.54. The third kappa shape index (κ3) is 6.80. The van der Waals surface area contributed by atoms with Crippen molar-refractivity contribution in [3.8, 4) is 11.3 Å². The van der Waals surface area contributed by atoms with Crippen LogP contribution in [0.5, 0.6) is 0 Å². The molecule has 2 aromatic carbocycles. The van der Waals surface area contributed by atoms with E-state index in [0.29, 0.717) is 25.4 Å². The number of benzene rings is 2. The fourth-order valence-corrected chi connectivity index (χ4v) is 6.04. The number of hydrogen-bond acceptors (Lipinski definition) is 5. The molecule has 0 unspecified atom stereocenters. The van der Waals surface area contributed by atoms with E-state index in [4.69, 9.17) is 9.72 Å². The van der Waals surface area contributed by atoms with Crippen molar-refractivity contribution in [3.63, 3.8) is 0 Å². The second kappa shape index (κ2) is 13.7. The zero-order valence-corrected chi connectivity index (χ0v) is 23.4. The normalized spacial score (nSPS) is 21.2. The van der Waals surface area contributed by atoms with Crippen LogP contribution >= 0.6 is 0 Å². The lowest BCUT2D eigenvalue weighted by molar-refractivity contribution is -0.119. The maximum atomic E-state index is 14.2. The monoisotopic (exact) mass is 543 g/mol. The summed E-state index contributed by atoms with van der Waals surface area (Å²) < 4.78 is 8.59. The third-order valence-electron chi connectivity index (χ3n) is 8.02. The zero-order valence-electron chi connectivity index (χ0n) is 23.4. The number of rotatable bonds is 10. The molecule has 0 bridgehead atoms. The van der Waals surface area contributed by atoms with Gasteiger partial charge in [0.25, 0.3) is 5.91 Å². The van der Waals surface area contributed by atoms with Gasteiger partial charge in [-0.3, -0.25) is 9.59 Å². The van der Waals surface area contributed by atoms with Crippen molar-refractivity contribution >= 4 is 11.8 Å². The van der Waals surface area contributed by atoms with E-state index in [0.717, 1.165) is 62.9 Å². The molecular formula is C32H41N5O3. The van der Waals surface area contributed by atoms with Crippen molar-refractivity contribution in [2.24, 2.45) is 0 Å². The van der Waals surface area contributed by atoms with Gasteiger partial charge in [-0.1, -0.05) is 73.5 Å². The maximum Gasteiger partial charge on any atom is 0.275 e. The molecule has 1 aliphatic carbocycles. The number of imidazole rings is 1. The first-order valence-corrected chi connectivity index (χ1v) is 14.7. The number of ether oxygens (including phenoxy) is 1. The van der Waals surface area contributed by atoms with Gasteiger partial charge in [-0.05, 0) is 31.2 Å². The highest BCUT2D eigenvalue weighted by Crippen LogP contribution is 2.36. The Labute approximate surface area is 237 Å². The summed E-state index contributed by atoms with van der Waals surface area (Å²) in [5, 5.41) is 6.32. The minimum atomic E-state index is -0.0193. The number of carbonyl (C=O) groups is 2. The highest BCUT2D eigenvalue weighted by atomic mass is 16.5. The number of nitrogens with one attached hydrogen (secondary N) is 2. The van der Waals surface area contributed by atoms with Gasteiger partial charge in [0.15, 0.2) is 5.69 Å². The van der Waals surface area contributed by atoms with Crippen LogP contribution < -0.4 is 10.6 Å². The van der Waals surface area contributed by atoms with Gasteiger partial charge in [0.05, 0.1) is 24.2 Å². The molecule has 1 aliphatic heterocycles. The van der Waals surface area contributed by atoms with Gasteiger partial charge in [-0.2, -0.15) is 0 Å². The highest BCUT2D eigenvalue weighted by Gasteiger charge is 2.35. The van der Waals surface area contributed by atoms with E-state index in [9.17, 15) is 9.59 Å². The second-order valence-corrected chi connectivity index (χ2v) is 10.9. The van der Waals surface area contributed by atoms with E-state index in [1.807, 2.05) is 35.5 Å². The first-order chi connectivity index (χ1) is 19.6. The Morgan fingerprint density at radius 1 is 1.05 bits per heavy atom. The minimum absolute atomic E-state index is 0.0105.